The van der Waals surface area contributed by atoms with Crippen molar-refractivity contribution in [3.8, 4) is 0 Å². The molecule has 0 unspecified atom stereocenters. The molecule has 4 nitrogen and oxygen atoms in total. The van der Waals surface area contributed by atoms with E-state index in [1.165, 1.54) is 5.56 Å². The topological polar surface area (TPSA) is 46.4 Å². The number of imidazole rings is 1. The summed E-state index contributed by atoms with van der Waals surface area (Å²) in [6, 6.07) is 15.9. The van der Waals surface area contributed by atoms with Crippen molar-refractivity contribution in [3.05, 3.63) is 72.2 Å². The quantitative estimate of drug-likeness (QED) is 0.780. The molecule has 0 saturated carbocycles. The number of hydrogen-bond donors (Lipinski definition) is 1. The van der Waals surface area contributed by atoms with Crippen molar-refractivity contribution >= 4 is 11.6 Å². The maximum Gasteiger partial charge on any atom is 0.220 e. The van der Waals surface area contributed by atoms with Gasteiger partial charge in [-0.05, 0) is 24.1 Å². The molecule has 0 fully saturated rings. The lowest BCUT2D eigenvalue weighted by Gasteiger charge is -2.03. The summed E-state index contributed by atoms with van der Waals surface area (Å²) >= 11 is 0. The molecule has 4 heteroatoms. The Hall–Kier alpha value is -2.62. The monoisotopic (exact) mass is 279 g/mol. The van der Waals surface area contributed by atoms with Gasteiger partial charge in [-0.15, -0.1) is 0 Å². The fourth-order valence-electron chi connectivity index (χ4n) is 2.25. The molecule has 1 aromatic carbocycles. The second-order valence-electron chi connectivity index (χ2n) is 4.96. The second kappa shape index (κ2) is 6.22. The van der Waals surface area contributed by atoms with E-state index in [-0.39, 0.29) is 5.91 Å². The van der Waals surface area contributed by atoms with Gasteiger partial charge in [-0.25, -0.2) is 4.98 Å². The van der Waals surface area contributed by atoms with Crippen LogP contribution in [0.1, 0.15) is 17.7 Å². The van der Waals surface area contributed by atoms with Crippen LogP contribution in [0.5, 0.6) is 0 Å². The molecule has 3 rings (SSSR count). The van der Waals surface area contributed by atoms with Gasteiger partial charge in [0.05, 0.1) is 12.2 Å². The first-order valence-corrected chi connectivity index (χ1v) is 7.04. The molecule has 0 spiro atoms. The second-order valence-corrected chi connectivity index (χ2v) is 4.96. The molecule has 1 amide bonds. The zero-order chi connectivity index (χ0) is 14.5. The Balaban J connectivity index is 1.51. The minimum absolute atomic E-state index is 0.0518. The minimum atomic E-state index is 0.0518. The Bertz CT molecular complexity index is 701. The highest BCUT2D eigenvalue weighted by atomic mass is 16.1. The molecule has 106 valence electrons. The van der Waals surface area contributed by atoms with Gasteiger partial charge >= 0.3 is 0 Å². The van der Waals surface area contributed by atoms with E-state index in [4.69, 9.17) is 0 Å². The standard InChI is InChI=1S/C17H17N3O/c21-17(10-9-14-6-2-1-3-7-14)18-12-15-13-20-11-5-4-8-16(20)19-15/h1-8,11,13H,9-10,12H2,(H,18,21). The Morgan fingerprint density at radius 3 is 2.71 bits per heavy atom. The lowest BCUT2D eigenvalue weighted by atomic mass is 10.1. The summed E-state index contributed by atoms with van der Waals surface area (Å²) < 4.78 is 1.95. The largest absolute Gasteiger partial charge is 0.350 e. The van der Waals surface area contributed by atoms with Gasteiger partial charge in [0.15, 0.2) is 0 Å². The first-order valence-electron chi connectivity index (χ1n) is 7.04. The summed E-state index contributed by atoms with van der Waals surface area (Å²) in [7, 11) is 0. The smallest absolute Gasteiger partial charge is 0.220 e. The van der Waals surface area contributed by atoms with Crippen LogP contribution in [0.25, 0.3) is 5.65 Å². The molecule has 0 aliphatic rings. The van der Waals surface area contributed by atoms with Crippen LogP contribution in [0.2, 0.25) is 0 Å². The maximum absolute atomic E-state index is 11.9. The third kappa shape index (κ3) is 3.48. The van der Waals surface area contributed by atoms with Crippen molar-refractivity contribution in [2.45, 2.75) is 19.4 Å². The summed E-state index contributed by atoms with van der Waals surface area (Å²) in [4.78, 5) is 16.3. The van der Waals surface area contributed by atoms with Crippen LogP contribution in [0.4, 0.5) is 0 Å². The Morgan fingerprint density at radius 1 is 1.10 bits per heavy atom. The highest BCUT2D eigenvalue weighted by molar-refractivity contribution is 5.76. The van der Waals surface area contributed by atoms with Gasteiger partial charge in [0.2, 0.25) is 5.91 Å². The Kier molecular flexibility index (Phi) is 3.96. The number of aryl methyl sites for hydroxylation is 1. The normalized spacial score (nSPS) is 10.7. The van der Waals surface area contributed by atoms with Gasteiger partial charge in [0, 0.05) is 18.8 Å². The van der Waals surface area contributed by atoms with Crippen molar-refractivity contribution in [3.63, 3.8) is 0 Å². The van der Waals surface area contributed by atoms with Crippen molar-refractivity contribution in [1.29, 1.82) is 0 Å². The molecule has 2 aromatic heterocycles. The van der Waals surface area contributed by atoms with Crippen LogP contribution in [0, 0.1) is 0 Å². The number of carbonyl (C=O) groups is 1. The maximum atomic E-state index is 11.9. The first-order chi connectivity index (χ1) is 10.3. The van der Waals surface area contributed by atoms with Crippen molar-refractivity contribution in [2.24, 2.45) is 0 Å². The first kappa shape index (κ1) is 13.4. The molecular weight excluding hydrogens is 262 g/mol. The molecule has 0 aliphatic heterocycles. The summed E-state index contributed by atoms with van der Waals surface area (Å²) in [6.07, 6.45) is 5.14. The molecule has 0 bridgehead atoms. The van der Waals surface area contributed by atoms with Gasteiger partial charge in [0.1, 0.15) is 5.65 Å². The van der Waals surface area contributed by atoms with Crippen LogP contribution >= 0.6 is 0 Å². The minimum Gasteiger partial charge on any atom is -0.350 e. The summed E-state index contributed by atoms with van der Waals surface area (Å²) in [5, 5.41) is 2.92. The lowest BCUT2D eigenvalue weighted by Crippen LogP contribution is -2.23. The van der Waals surface area contributed by atoms with E-state index in [9.17, 15) is 4.79 Å². The van der Waals surface area contributed by atoms with Gasteiger partial charge in [-0.3, -0.25) is 4.79 Å². The molecule has 3 aromatic rings. The van der Waals surface area contributed by atoms with Crippen LogP contribution in [0.3, 0.4) is 0 Å². The van der Waals surface area contributed by atoms with Gasteiger partial charge < -0.3 is 9.72 Å². The number of amides is 1. The van der Waals surface area contributed by atoms with Gasteiger partial charge in [0.25, 0.3) is 0 Å². The van der Waals surface area contributed by atoms with E-state index in [2.05, 4.69) is 10.3 Å². The molecule has 0 radical (unpaired) electrons. The highest BCUT2D eigenvalue weighted by Gasteiger charge is 2.05. The average molecular weight is 279 g/mol. The number of benzene rings is 1. The predicted molar refractivity (Wildman–Crippen MR) is 81.8 cm³/mol. The summed E-state index contributed by atoms with van der Waals surface area (Å²) in [6.45, 7) is 0.468. The number of hydrogen-bond acceptors (Lipinski definition) is 2. The summed E-state index contributed by atoms with van der Waals surface area (Å²) in [5.74, 6) is 0.0518. The number of pyridine rings is 1. The van der Waals surface area contributed by atoms with E-state index in [0.717, 1.165) is 17.8 Å². The zero-order valence-corrected chi connectivity index (χ0v) is 11.7. The van der Waals surface area contributed by atoms with E-state index in [0.29, 0.717) is 13.0 Å². The fraction of sp³-hybridized carbons (Fsp3) is 0.176. The third-order valence-corrected chi connectivity index (χ3v) is 3.36. The van der Waals surface area contributed by atoms with Crippen molar-refractivity contribution in [2.75, 3.05) is 0 Å². The number of rotatable bonds is 5. The molecule has 0 atom stereocenters. The molecule has 2 heterocycles. The average Bonchev–Trinajstić information content (AvgIpc) is 2.95. The lowest BCUT2D eigenvalue weighted by molar-refractivity contribution is -0.121. The van der Waals surface area contributed by atoms with Crippen molar-refractivity contribution < 1.29 is 4.79 Å². The zero-order valence-electron chi connectivity index (χ0n) is 11.7. The van der Waals surface area contributed by atoms with E-state index in [1.807, 2.05) is 65.3 Å². The molecule has 0 saturated heterocycles. The molecule has 21 heavy (non-hydrogen) atoms. The van der Waals surface area contributed by atoms with Crippen LogP contribution in [-0.2, 0) is 17.8 Å². The number of carbonyl (C=O) groups excluding carboxylic acids is 1. The van der Waals surface area contributed by atoms with E-state index < -0.39 is 0 Å². The van der Waals surface area contributed by atoms with Crippen molar-refractivity contribution in [1.82, 2.24) is 14.7 Å². The SMILES string of the molecule is O=C(CCc1ccccc1)NCc1cn2ccccc2n1. The third-order valence-electron chi connectivity index (χ3n) is 3.36. The number of fused-ring (bicyclic) bond motifs is 1. The van der Waals surface area contributed by atoms with Gasteiger partial charge in [-0.2, -0.15) is 0 Å². The highest BCUT2D eigenvalue weighted by Crippen LogP contribution is 2.05. The number of nitrogens with one attached hydrogen (secondary N) is 1. The Morgan fingerprint density at radius 2 is 1.90 bits per heavy atom. The van der Waals surface area contributed by atoms with Crippen LogP contribution in [-0.4, -0.2) is 15.3 Å². The van der Waals surface area contributed by atoms with Crippen LogP contribution in [0.15, 0.2) is 60.9 Å². The predicted octanol–water partition coefficient (Wildman–Crippen LogP) is 2.58. The molecule has 0 aliphatic carbocycles. The number of nitrogens with zero attached hydrogens (tertiary/aromatic N) is 2. The summed E-state index contributed by atoms with van der Waals surface area (Å²) in [5.41, 5.74) is 2.95. The van der Waals surface area contributed by atoms with Gasteiger partial charge in [-0.1, -0.05) is 36.4 Å². The Labute approximate surface area is 123 Å². The van der Waals surface area contributed by atoms with Crippen LogP contribution < -0.4 is 5.32 Å². The fourth-order valence-corrected chi connectivity index (χ4v) is 2.25. The molecule has 1 N–H and O–H groups in total. The number of aromatic nitrogens is 2. The van der Waals surface area contributed by atoms with E-state index in [1.54, 1.807) is 0 Å². The van der Waals surface area contributed by atoms with E-state index >= 15 is 0 Å². The molecular formula is C17H17N3O.